The lowest BCUT2D eigenvalue weighted by molar-refractivity contribution is 0.181. The van der Waals surface area contributed by atoms with Crippen molar-refractivity contribution in [1.29, 1.82) is 0 Å². The number of allylic oxidation sites excluding steroid dienone is 1. The molecule has 4 heterocycles. The van der Waals surface area contributed by atoms with Gasteiger partial charge in [0.2, 0.25) is 0 Å². The lowest BCUT2D eigenvalue weighted by Gasteiger charge is -2.36. The van der Waals surface area contributed by atoms with Crippen LogP contribution in [0.1, 0.15) is 24.8 Å². The van der Waals surface area contributed by atoms with E-state index in [1.807, 2.05) is 54.4 Å². The summed E-state index contributed by atoms with van der Waals surface area (Å²) >= 11 is 6.36. The molecule has 2 fully saturated rings. The molecule has 36 heavy (non-hydrogen) atoms. The molecule has 2 aliphatic rings. The fraction of sp³-hybridized carbons (Fsp3) is 0.345. The summed E-state index contributed by atoms with van der Waals surface area (Å²) in [6.45, 7) is 16.6. The fourth-order valence-electron chi connectivity index (χ4n) is 4.64. The highest BCUT2D eigenvalue weighted by atomic mass is 35.5. The second-order valence-corrected chi connectivity index (χ2v) is 9.95. The summed E-state index contributed by atoms with van der Waals surface area (Å²) in [5.41, 5.74) is 9.30. The highest BCUT2D eigenvalue weighted by Gasteiger charge is 2.21. The van der Waals surface area contributed by atoms with Crippen molar-refractivity contribution in [2.75, 3.05) is 45.7 Å². The molecule has 5 rings (SSSR count). The summed E-state index contributed by atoms with van der Waals surface area (Å²) < 4.78 is 1.87. The van der Waals surface area contributed by atoms with E-state index in [1.165, 1.54) is 17.8 Å². The van der Waals surface area contributed by atoms with Crippen molar-refractivity contribution in [3.8, 4) is 11.3 Å². The van der Waals surface area contributed by atoms with Crippen LogP contribution in [-0.4, -0.2) is 65.8 Å². The minimum Gasteiger partial charge on any atom is -0.386 e. The molecule has 1 atom stereocenters. The van der Waals surface area contributed by atoms with E-state index < -0.39 is 0 Å². The van der Waals surface area contributed by atoms with Crippen LogP contribution in [0, 0.1) is 0 Å². The summed E-state index contributed by atoms with van der Waals surface area (Å²) in [6.07, 6.45) is 9.13. The van der Waals surface area contributed by atoms with Crippen LogP contribution in [0.3, 0.4) is 0 Å². The molecule has 0 saturated carbocycles. The largest absolute Gasteiger partial charge is 0.386 e. The lowest BCUT2D eigenvalue weighted by atomic mass is 10.1. The Hall–Kier alpha value is -3.22. The molecule has 2 aliphatic heterocycles. The Kier molecular flexibility index (Phi) is 8.39. The second kappa shape index (κ2) is 11.7. The van der Waals surface area contributed by atoms with Gasteiger partial charge < -0.3 is 20.5 Å². The molecule has 3 aromatic rings. The standard InChI is InChI=1S/C16H14ClN3.C13H23N3/c1-3-11-4-5-13-14(17)9-15(19-16(13)8-11)12-6-7-20(10-12)18-2;1-11-4-5-13(14-11)10-12(2)16-8-6-15(3)7-9-16/h3-10,18H,1H2,2H3;13-14H,1-2,4-10H2,3H3. The van der Waals surface area contributed by atoms with Gasteiger partial charge in [0.25, 0.3) is 0 Å². The predicted octanol–water partition coefficient (Wildman–Crippen LogP) is 5.58. The number of piperazine rings is 1. The van der Waals surface area contributed by atoms with E-state index in [4.69, 9.17) is 11.6 Å². The second-order valence-electron chi connectivity index (χ2n) is 9.55. The van der Waals surface area contributed by atoms with E-state index >= 15 is 0 Å². The van der Waals surface area contributed by atoms with Crippen molar-refractivity contribution in [2.24, 2.45) is 0 Å². The van der Waals surface area contributed by atoms with Gasteiger partial charge in [-0.05, 0) is 43.7 Å². The van der Waals surface area contributed by atoms with Crippen molar-refractivity contribution >= 4 is 28.6 Å². The molecule has 6 nitrogen and oxygen atoms in total. The first-order valence-electron chi connectivity index (χ1n) is 12.5. The van der Waals surface area contributed by atoms with Crippen LogP contribution < -0.4 is 10.7 Å². The molecule has 7 heteroatoms. The van der Waals surface area contributed by atoms with Crippen LogP contribution in [0.5, 0.6) is 0 Å². The number of benzene rings is 1. The highest BCUT2D eigenvalue weighted by Crippen LogP contribution is 2.29. The van der Waals surface area contributed by atoms with Gasteiger partial charge in [0.05, 0.1) is 16.2 Å². The van der Waals surface area contributed by atoms with Gasteiger partial charge >= 0.3 is 0 Å². The smallest absolute Gasteiger partial charge is 0.0740 e. The minimum absolute atomic E-state index is 0.569. The van der Waals surface area contributed by atoms with Gasteiger partial charge in [-0.15, -0.1) is 0 Å². The summed E-state index contributed by atoms with van der Waals surface area (Å²) in [7, 11) is 4.05. The summed E-state index contributed by atoms with van der Waals surface area (Å²) in [5.74, 6) is 0. The number of aromatic nitrogens is 2. The van der Waals surface area contributed by atoms with Gasteiger partial charge in [0, 0.05) is 80.4 Å². The molecule has 0 radical (unpaired) electrons. The molecule has 0 aliphatic carbocycles. The Balaban J connectivity index is 0.000000174. The Bertz CT molecular complexity index is 1240. The number of hydrogen-bond acceptors (Lipinski definition) is 5. The third-order valence-electron chi connectivity index (χ3n) is 6.90. The zero-order valence-corrected chi connectivity index (χ0v) is 22.2. The average molecular weight is 505 g/mol. The SMILES string of the molecule is C=C1CCC(CC(=C)N2CCN(C)CC2)N1.C=Cc1ccc2c(Cl)cc(-c3ccn(NC)c3)nc2c1. The van der Waals surface area contributed by atoms with Gasteiger partial charge in [0.1, 0.15) is 0 Å². The van der Waals surface area contributed by atoms with E-state index in [2.05, 4.69) is 52.3 Å². The van der Waals surface area contributed by atoms with Gasteiger partial charge in [0.15, 0.2) is 0 Å². The molecule has 190 valence electrons. The maximum atomic E-state index is 6.36. The maximum absolute atomic E-state index is 6.36. The van der Waals surface area contributed by atoms with Crippen molar-refractivity contribution in [2.45, 2.75) is 25.3 Å². The molecule has 1 unspecified atom stereocenters. The lowest BCUT2D eigenvalue weighted by Crippen LogP contribution is -2.44. The molecule has 2 aromatic heterocycles. The molecule has 1 aromatic carbocycles. The molecule has 0 bridgehead atoms. The number of likely N-dealkylation sites (N-methyl/N-ethyl adjacent to an activating group) is 1. The van der Waals surface area contributed by atoms with Crippen LogP contribution in [0.25, 0.3) is 28.2 Å². The summed E-state index contributed by atoms with van der Waals surface area (Å²) in [4.78, 5) is 9.50. The van der Waals surface area contributed by atoms with Crippen molar-refractivity contribution < 1.29 is 0 Å². The van der Waals surface area contributed by atoms with Crippen molar-refractivity contribution in [1.82, 2.24) is 24.8 Å². The third-order valence-corrected chi connectivity index (χ3v) is 7.21. The predicted molar refractivity (Wildman–Crippen MR) is 154 cm³/mol. The molecular weight excluding hydrogens is 468 g/mol. The molecule has 0 spiro atoms. The van der Waals surface area contributed by atoms with Gasteiger partial charge in [-0.25, -0.2) is 4.98 Å². The number of fused-ring (bicyclic) bond motifs is 1. The number of nitrogens with zero attached hydrogens (tertiary/aromatic N) is 4. The van der Waals surface area contributed by atoms with E-state index in [9.17, 15) is 0 Å². The van der Waals surface area contributed by atoms with Crippen molar-refractivity contribution in [3.05, 3.63) is 84.4 Å². The monoisotopic (exact) mass is 504 g/mol. The van der Waals surface area contributed by atoms with E-state index in [0.717, 1.165) is 66.7 Å². The first-order valence-corrected chi connectivity index (χ1v) is 12.9. The third kappa shape index (κ3) is 6.31. The number of nitrogens with one attached hydrogen (secondary N) is 2. The van der Waals surface area contributed by atoms with Gasteiger partial charge in [-0.2, -0.15) is 0 Å². The van der Waals surface area contributed by atoms with Crippen molar-refractivity contribution in [3.63, 3.8) is 0 Å². The number of hydrogen-bond donors (Lipinski definition) is 2. The van der Waals surface area contributed by atoms with Gasteiger partial charge in [-0.3, -0.25) is 4.68 Å². The molecule has 2 saturated heterocycles. The minimum atomic E-state index is 0.569. The van der Waals surface area contributed by atoms with E-state index in [-0.39, 0.29) is 0 Å². The molecule has 2 N–H and O–H groups in total. The first-order chi connectivity index (χ1) is 17.4. The van der Waals surface area contributed by atoms with Crippen LogP contribution >= 0.6 is 11.6 Å². The topological polar surface area (TPSA) is 48.4 Å². The first kappa shape index (κ1) is 25.9. The van der Waals surface area contributed by atoms with Gasteiger partial charge in [-0.1, -0.05) is 49.5 Å². The van der Waals surface area contributed by atoms with Crippen LogP contribution in [0.2, 0.25) is 5.02 Å². The number of halogens is 1. The van der Waals surface area contributed by atoms with Crippen LogP contribution in [0.15, 0.2) is 73.9 Å². The zero-order valence-electron chi connectivity index (χ0n) is 21.4. The molecular formula is C29H37ClN6. The molecule has 0 amide bonds. The van der Waals surface area contributed by atoms with E-state index in [1.54, 1.807) is 6.08 Å². The quantitative estimate of drug-likeness (QED) is 0.459. The number of pyridine rings is 1. The van der Waals surface area contributed by atoms with Crippen LogP contribution in [-0.2, 0) is 0 Å². The fourth-order valence-corrected chi connectivity index (χ4v) is 4.90. The zero-order chi connectivity index (χ0) is 25.7. The van der Waals surface area contributed by atoms with Crippen LogP contribution in [0.4, 0.5) is 0 Å². The normalized spacial score (nSPS) is 17.9. The highest BCUT2D eigenvalue weighted by molar-refractivity contribution is 6.35. The average Bonchev–Trinajstić information content (AvgIpc) is 3.53. The summed E-state index contributed by atoms with van der Waals surface area (Å²) in [5, 5.41) is 5.10. The number of rotatable bonds is 6. The Morgan fingerprint density at radius 2 is 2.00 bits per heavy atom. The van der Waals surface area contributed by atoms with E-state index in [0.29, 0.717) is 11.1 Å². The Labute approximate surface area is 219 Å². The summed E-state index contributed by atoms with van der Waals surface area (Å²) in [6, 6.07) is 10.4. The Morgan fingerprint density at radius 3 is 2.64 bits per heavy atom. The maximum Gasteiger partial charge on any atom is 0.0740 e. The Morgan fingerprint density at radius 1 is 1.22 bits per heavy atom.